The van der Waals surface area contributed by atoms with Crippen LogP contribution in [-0.4, -0.2) is 0 Å². The van der Waals surface area contributed by atoms with Crippen LogP contribution in [0.15, 0.2) is 41.5 Å². The summed E-state index contributed by atoms with van der Waals surface area (Å²) < 4.78 is 5.24. The summed E-state index contributed by atoms with van der Waals surface area (Å²) in [5, 5.41) is 0. The van der Waals surface area contributed by atoms with Gasteiger partial charge in [-0.25, -0.2) is 0 Å². The maximum atomic E-state index is 5.24. The second kappa shape index (κ2) is 3.49. The minimum absolute atomic E-state index is 0.692. The van der Waals surface area contributed by atoms with E-state index in [0.29, 0.717) is 5.76 Å². The molecule has 0 fully saturated rings. The van der Waals surface area contributed by atoms with Crippen LogP contribution in [0, 0.1) is 0 Å². The highest BCUT2D eigenvalue weighted by atomic mass is 32.1. The Morgan fingerprint density at radius 1 is 1.36 bits per heavy atom. The normalized spacial score (nSPS) is 9.27. The minimum Gasteiger partial charge on any atom is -0.463 e. The molecule has 0 spiro atoms. The zero-order valence-electron chi connectivity index (χ0n) is 6.37. The van der Waals surface area contributed by atoms with Crippen LogP contribution in [0.4, 0.5) is 0 Å². The summed E-state index contributed by atoms with van der Waals surface area (Å²) in [7, 11) is 0. The molecule has 0 amide bonds. The molecule has 0 aliphatic rings. The van der Waals surface area contributed by atoms with E-state index in [1.807, 2.05) is 31.2 Å². The third-order valence-electron chi connectivity index (χ3n) is 1.13. The van der Waals surface area contributed by atoms with E-state index in [1.165, 1.54) is 0 Å². The number of thiol groups is 1. The third-order valence-corrected chi connectivity index (χ3v) is 1.43. The Morgan fingerprint density at radius 2 is 1.91 bits per heavy atom. The van der Waals surface area contributed by atoms with Crippen LogP contribution in [0.5, 0.6) is 5.75 Å². The van der Waals surface area contributed by atoms with Crippen molar-refractivity contribution in [1.29, 1.82) is 0 Å². The van der Waals surface area contributed by atoms with Crippen LogP contribution >= 0.6 is 12.6 Å². The highest BCUT2D eigenvalue weighted by molar-refractivity contribution is 7.80. The molecule has 2 heteroatoms. The van der Waals surface area contributed by atoms with Crippen molar-refractivity contribution in [3.8, 4) is 5.75 Å². The van der Waals surface area contributed by atoms with Crippen molar-refractivity contribution in [3.05, 3.63) is 36.6 Å². The molecule has 0 unspecified atom stereocenters. The maximum absolute atomic E-state index is 5.24. The number of hydrogen-bond acceptors (Lipinski definition) is 2. The first kappa shape index (κ1) is 8.21. The lowest BCUT2D eigenvalue weighted by molar-refractivity contribution is 0.430. The van der Waals surface area contributed by atoms with Gasteiger partial charge in [0.25, 0.3) is 0 Å². The van der Waals surface area contributed by atoms with Crippen molar-refractivity contribution in [2.75, 3.05) is 0 Å². The molecule has 0 aliphatic heterocycles. The average Bonchev–Trinajstić information content (AvgIpc) is 1.93. The Morgan fingerprint density at radius 3 is 2.36 bits per heavy atom. The Bertz CT molecular complexity index is 251. The van der Waals surface area contributed by atoms with Crippen molar-refractivity contribution in [3.63, 3.8) is 0 Å². The predicted octanol–water partition coefficient (Wildman–Crippen LogP) is 2.89. The van der Waals surface area contributed by atoms with E-state index in [0.717, 1.165) is 10.6 Å². The Labute approximate surface area is 72.1 Å². The van der Waals surface area contributed by atoms with E-state index in [-0.39, 0.29) is 0 Å². The van der Waals surface area contributed by atoms with E-state index in [2.05, 4.69) is 19.2 Å². The largest absolute Gasteiger partial charge is 0.463 e. The number of hydrogen-bond donors (Lipinski definition) is 1. The van der Waals surface area contributed by atoms with Crippen LogP contribution in [0.3, 0.4) is 0 Å². The summed E-state index contributed by atoms with van der Waals surface area (Å²) in [5.41, 5.74) is 0. The molecule has 11 heavy (non-hydrogen) atoms. The summed E-state index contributed by atoms with van der Waals surface area (Å²) >= 11 is 4.14. The fraction of sp³-hybridized carbons (Fsp3) is 0.111. The monoisotopic (exact) mass is 166 g/mol. The van der Waals surface area contributed by atoms with E-state index in [4.69, 9.17) is 4.74 Å². The number of ether oxygens (including phenoxy) is 1. The van der Waals surface area contributed by atoms with Gasteiger partial charge in [0, 0.05) is 4.90 Å². The Balaban J connectivity index is 2.74. The SMILES string of the molecule is C=C(C)Oc1ccc(S)cc1. The molecule has 1 aromatic rings. The van der Waals surface area contributed by atoms with Crippen LogP contribution in [0.2, 0.25) is 0 Å². The quantitative estimate of drug-likeness (QED) is 0.525. The molecule has 0 saturated carbocycles. The van der Waals surface area contributed by atoms with Gasteiger partial charge in [-0.3, -0.25) is 0 Å². The minimum atomic E-state index is 0.692. The van der Waals surface area contributed by atoms with Gasteiger partial charge in [-0.15, -0.1) is 12.6 Å². The summed E-state index contributed by atoms with van der Waals surface area (Å²) in [5.74, 6) is 1.49. The van der Waals surface area contributed by atoms with Gasteiger partial charge < -0.3 is 4.74 Å². The number of allylic oxidation sites excluding steroid dienone is 1. The average molecular weight is 166 g/mol. The second-order valence-electron chi connectivity index (χ2n) is 2.30. The lowest BCUT2D eigenvalue weighted by Gasteiger charge is -2.03. The van der Waals surface area contributed by atoms with Gasteiger partial charge in [0.2, 0.25) is 0 Å². The molecular weight excluding hydrogens is 156 g/mol. The standard InChI is InChI=1S/C9H10OS/c1-7(2)10-8-3-5-9(11)6-4-8/h3-6,11H,1H2,2H3. The van der Waals surface area contributed by atoms with Crippen molar-refractivity contribution >= 4 is 12.6 Å². The third kappa shape index (κ3) is 2.68. The molecule has 0 bridgehead atoms. The van der Waals surface area contributed by atoms with Crippen molar-refractivity contribution < 1.29 is 4.74 Å². The molecule has 1 aromatic carbocycles. The van der Waals surface area contributed by atoms with Gasteiger partial charge >= 0.3 is 0 Å². The van der Waals surface area contributed by atoms with Gasteiger partial charge in [-0.2, -0.15) is 0 Å². The van der Waals surface area contributed by atoms with Crippen LogP contribution in [0.25, 0.3) is 0 Å². The molecule has 0 radical (unpaired) electrons. The lowest BCUT2D eigenvalue weighted by atomic mass is 10.3. The van der Waals surface area contributed by atoms with E-state index in [9.17, 15) is 0 Å². The van der Waals surface area contributed by atoms with Gasteiger partial charge in [0.05, 0.1) is 5.76 Å². The smallest absolute Gasteiger partial charge is 0.126 e. The molecule has 0 aliphatic carbocycles. The zero-order chi connectivity index (χ0) is 8.27. The van der Waals surface area contributed by atoms with Gasteiger partial charge in [-0.1, -0.05) is 6.58 Å². The van der Waals surface area contributed by atoms with E-state index < -0.39 is 0 Å². The highest BCUT2D eigenvalue weighted by Gasteiger charge is 1.91. The number of rotatable bonds is 2. The second-order valence-corrected chi connectivity index (χ2v) is 2.81. The van der Waals surface area contributed by atoms with E-state index in [1.54, 1.807) is 0 Å². The van der Waals surface area contributed by atoms with Gasteiger partial charge in [-0.05, 0) is 31.2 Å². The van der Waals surface area contributed by atoms with Crippen LogP contribution in [-0.2, 0) is 0 Å². The molecule has 0 heterocycles. The van der Waals surface area contributed by atoms with Crippen molar-refractivity contribution in [2.45, 2.75) is 11.8 Å². The predicted molar refractivity (Wildman–Crippen MR) is 49.1 cm³/mol. The molecule has 58 valence electrons. The van der Waals surface area contributed by atoms with Crippen molar-refractivity contribution in [2.24, 2.45) is 0 Å². The first-order valence-corrected chi connectivity index (χ1v) is 3.75. The maximum Gasteiger partial charge on any atom is 0.126 e. The highest BCUT2D eigenvalue weighted by Crippen LogP contribution is 2.15. The van der Waals surface area contributed by atoms with Gasteiger partial charge in [0.1, 0.15) is 5.75 Å². The van der Waals surface area contributed by atoms with Gasteiger partial charge in [0.15, 0.2) is 0 Å². The molecule has 0 aromatic heterocycles. The Kier molecular flexibility index (Phi) is 2.60. The fourth-order valence-electron chi connectivity index (χ4n) is 0.715. The number of benzene rings is 1. The fourth-order valence-corrected chi connectivity index (χ4v) is 0.864. The summed E-state index contributed by atoms with van der Waals surface area (Å²) in [6.07, 6.45) is 0. The van der Waals surface area contributed by atoms with Crippen LogP contribution < -0.4 is 4.74 Å². The molecule has 1 nitrogen and oxygen atoms in total. The topological polar surface area (TPSA) is 9.23 Å². The molecule has 1 rings (SSSR count). The molecule has 0 atom stereocenters. The Hall–Kier alpha value is -0.890. The molecule has 0 N–H and O–H groups in total. The van der Waals surface area contributed by atoms with E-state index >= 15 is 0 Å². The van der Waals surface area contributed by atoms with Crippen LogP contribution in [0.1, 0.15) is 6.92 Å². The molecular formula is C9H10OS. The summed E-state index contributed by atoms with van der Waals surface area (Å²) in [6.45, 7) is 5.45. The molecule has 0 saturated heterocycles. The zero-order valence-corrected chi connectivity index (χ0v) is 7.27. The van der Waals surface area contributed by atoms with Crippen molar-refractivity contribution in [1.82, 2.24) is 0 Å². The summed E-state index contributed by atoms with van der Waals surface area (Å²) in [4.78, 5) is 0.930. The summed E-state index contributed by atoms with van der Waals surface area (Å²) in [6, 6.07) is 7.47. The first-order chi connectivity index (χ1) is 5.18. The first-order valence-electron chi connectivity index (χ1n) is 3.31. The lowest BCUT2D eigenvalue weighted by Crippen LogP contribution is -1.87.